The summed E-state index contributed by atoms with van der Waals surface area (Å²) in [7, 11) is 5.74. The zero-order valence-corrected chi connectivity index (χ0v) is 15.5. The van der Waals surface area contributed by atoms with Gasteiger partial charge in [0.15, 0.2) is 5.96 Å². The number of rotatable bonds is 4. The van der Waals surface area contributed by atoms with E-state index in [9.17, 15) is 4.79 Å². The van der Waals surface area contributed by atoms with Crippen molar-refractivity contribution in [1.29, 1.82) is 0 Å². The minimum absolute atomic E-state index is 0.116. The quantitative estimate of drug-likeness (QED) is 0.569. The third kappa shape index (κ3) is 4.22. The van der Waals surface area contributed by atoms with Crippen molar-refractivity contribution in [2.75, 3.05) is 32.6 Å². The zero-order chi connectivity index (χ0) is 18.5. The molecule has 0 spiro atoms. The summed E-state index contributed by atoms with van der Waals surface area (Å²) < 4.78 is 0. The molecule has 1 aromatic carbocycles. The molecule has 138 valence electrons. The summed E-state index contributed by atoms with van der Waals surface area (Å²) in [6.07, 6.45) is 1.37. The van der Waals surface area contributed by atoms with Crippen LogP contribution in [-0.4, -0.2) is 50.6 Å². The molecule has 7 nitrogen and oxygen atoms in total. The first-order valence-corrected chi connectivity index (χ1v) is 8.86. The van der Waals surface area contributed by atoms with Gasteiger partial charge in [-0.05, 0) is 24.1 Å². The zero-order valence-electron chi connectivity index (χ0n) is 15.5. The second kappa shape index (κ2) is 8.03. The maximum absolute atomic E-state index is 11.3. The molecule has 1 amide bonds. The van der Waals surface area contributed by atoms with Crippen LogP contribution in [0.25, 0.3) is 10.9 Å². The maximum Gasteiger partial charge on any atom is 0.220 e. The number of hydrogen-bond donors (Lipinski definition) is 3. The van der Waals surface area contributed by atoms with Crippen LogP contribution in [-0.2, 0) is 11.3 Å². The lowest BCUT2D eigenvalue weighted by atomic mass is 10.1. The first-order valence-electron chi connectivity index (χ1n) is 8.86. The van der Waals surface area contributed by atoms with Crippen LogP contribution in [0.1, 0.15) is 18.4 Å². The minimum Gasteiger partial charge on any atom is -0.363 e. The van der Waals surface area contributed by atoms with E-state index >= 15 is 0 Å². The van der Waals surface area contributed by atoms with Gasteiger partial charge in [0.25, 0.3) is 0 Å². The van der Waals surface area contributed by atoms with Gasteiger partial charge in [0, 0.05) is 52.1 Å². The number of carbonyl (C=O) groups is 1. The van der Waals surface area contributed by atoms with Gasteiger partial charge in [0.05, 0.1) is 5.52 Å². The summed E-state index contributed by atoms with van der Waals surface area (Å²) in [4.78, 5) is 22.3. The van der Waals surface area contributed by atoms with E-state index < -0.39 is 0 Å². The van der Waals surface area contributed by atoms with E-state index in [0.29, 0.717) is 19.5 Å². The Labute approximate surface area is 153 Å². The lowest BCUT2D eigenvalue weighted by molar-refractivity contribution is -0.122. The molecule has 1 saturated heterocycles. The molecule has 1 aromatic heterocycles. The normalized spacial score (nSPS) is 17.7. The van der Waals surface area contributed by atoms with Crippen molar-refractivity contribution in [3.05, 3.63) is 35.9 Å². The average molecular weight is 354 g/mol. The molecule has 7 heteroatoms. The highest BCUT2D eigenvalue weighted by molar-refractivity contribution is 5.85. The van der Waals surface area contributed by atoms with Crippen LogP contribution in [0.2, 0.25) is 0 Å². The predicted molar refractivity (Wildman–Crippen MR) is 105 cm³/mol. The van der Waals surface area contributed by atoms with E-state index in [0.717, 1.165) is 29.1 Å². The number of aliphatic imine (C=N–C) groups is 1. The molecule has 1 unspecified atom stereocenters. The molecular formula is C19H26N6O. The van der Waals surface area contributed by atoms with Crippen molar-refractivity contribution in [2.24, 2.45) is 4.99 Å². The Hall–Kier alpha value is -2.83. The minimum atomic E-state index is 0.116. The van der Waals surface area contributed by atoms with Crippen molar-refractivity contribution < 1.29 is 4.79 Å². The molecule has 26 heavy (non-hydrogen) atoms. The monoisotopic (exact) mass is 354 g/mol. The van der Waals surface area contributed by atoms with Gasteiger partial charge in [0.1, 0.15) is 5.82 Å². The molecule has 3 rings (SSSR count). The standard InChI is InChI=1S/C19H26N6O/c1-20-19(23-14-8-9-18(26)21-12-14)22-11-13-10-17(25(2)3)24-16-7-5-4-6-15(13)16/h4-7,10,14H,8-9,11-12H2,1-3H3,(H,21,26)(H2,20,22,23). The number of benzene rings is 1. The molecule has 3 N–H and O–H groups in total. The SMILES string of the molecule is CN=C(NCc1cc(N(C)C)nc2ccccc12)NC1CCC(=O)NC1. The number of para-hydroxylation sites is 1. The topological polar surface area (TPSA) is 81.7 Å². The number of fused-ring (bicyclic) bond motifs is 1. The summed E-state index contributed by atoms with van der Waals surface area (Å²) >= 11 is 0. The van der Waals surface area contributed by atoms with Crippen LogP contribution in [0, 0.1) is 0 Å². The number of piperidine rings is 1. The number of carbonyl (C=O) groups excluding carboxylic acids is 1. The van der Waals surface area contributed by atoms with Gasteiger partial charge in [-0.15, -0.1) is 0 Å². The Bertz CT molecular complexity index is 807. The highest BCUT2D eigenvalue weighted by Crippen LogP contribution is 2.22. The molecule has 1 atom stereocenters. The Morgan fingerprint density at radius 2 is 2.19 bits per heavy atom. The highest BCUT2D eigenvalue weighted by Gasteiger charge is 2.18. The number of guanidine groups is 1. The van der Waals surface area contributed by atoms with E-state index in [-0.39, 0.29) is 11.9 Å². The molecule has 0 radical (unpaired) electrons. The molecule has 1 aliphatic rings. The molecule has 0 aliphatic carbocycles. The van der Waals surface area contributed by atoms with Crippen LogP contribution >= 0.6 is 0 Å². The van der Waals surface area contributed by atoms with Gasteiger partial charge in [-0.2, -0.15) is 0 Å². The molecule has 1 fully saturated rings. The highest BCUT2D eigenvalue weighted by atomic mass is 16.1. The van der Waals surface area contributed by atoms with Crippen LogP contribution in [0.5, 0.6) is 0 Å². The van der Waals surface area contributed by atoms with Gasteiger partial charge in [-0.25, -0.2) is 4.98 Å². The number of anilines is 1. The van der Waals surface area contributed by atoms with Crippen LogP contribution in [0.3, 0.4) is 0 Å². The Morgan fingerprint density at radius 1 is 1.38 bits per heavy atom. The number of nitrogens with zero attached hydrogens (tertiary/aromatic N) is 3. The summed E-state index contributed by atoms with van der Waals surface area (Å²) in [5.41, 5.74) is 2.15. The van der Waals surface area contributed by atoms with Crippen LogP contribution < -0.4 is 20.9 Å². The van der Waals surface area contributed by atoms with Crippen molar-refractivity contribution in [1.82, 2.24) is 20.9 Å². The fourth-order valence-corrected chi connectivity index (χ4v) is 3.03. The Balaban J connectivity index is 1.72. The molecule has 2 aromatic rings. The van der Waals surface area contributed by atoms with Crippen LogP contribution in [0.4, 0.5) is 5.82 Å². The second-order valence-electron chi connectivity index (χ2n) is 6.66. The summed E-state index contributed by atoms with van der Waals surface area (Å²) in [5.74, 6) is 1.78. The van der Waals surface area contributed by atoms with Gasteiger partial charge >= 0.3 is 0 Å². The smallest absolute Gasteiger partial charge is 0.220 e. The third-order valence-electron chi connectivity index (χ3n) is 4.52. The van der Waals surface area contributed by atoms with E-state index in [1.165, 1.54) is 5.56 Å². The van der Waals surface area contributed by atoms with Gasteiger partial charge in [-0.3, -0.25) is 9.79 Å². The fourth-order valence-electron chi connectivity index (χ4n) is 3.03. The number of hydrogen-bond acceptors (Lipinski definition) is 4. The first-order chi connectivity index (χ1) is 12.6. The second-order valence-corrected chi connectivity index (χ2v) is 6.66. The largest absolute Gasteiger partial charge is 0.363 e. The molecule has 1 aliphatic heterocycles. The van der Waals surface area contributed by atoms with Gasteiger partial charge in [-0.1, -0.05) is 18.2 Å². The van der Waals surface area contributed by atoms with E-state index in [4.69, 9.17) is 4.98 Å². The van der Waals surface area contributed by atoms with Crippen molar-refractivity contribution >= 4 is 28.6 Å². The third-order valence-corrected chi connectivity index (χ3v) is 4.52. The maximum atomic E-state index is 11.3. The Kier molecular flexibility index (Phi) is 5.55. The molecule has 0 bridgehead atoms. The van der Waals surface area contributed by atoms with Gasteiger partial charge in [0.2, 0.25) is 5.91 Å². The van der Waals surface area contributed by atoms with Crippen molar-refractivity contribution in [2.45, 2.75) is 25.4 Å². The Morgan fingerprint density at radius 3 is 2.88 bits per heavy atom. The van der Waals surface area contributed by atoms with Crippen molar-refractivity contribution in [3.63, 3.8) is 0 Å². The molecular weight excluding hydrogens is 328 g/mol. The lowest BCUT2D eigenvalue weighted by Gasteiger charge is -2.25. The van der Waals surface area contributed by atoms with E-state index in [1.807, 2.05) is 37.2 Å². The van der Waals surface area contributed by atoms with Crippen molar-refractivity contribution in [3.8, 4) is 0 Å². The lowest BCUT2D eigenvalue weighted by Crippen LogP contribution is -2.51. The van der Waals surface area contributed by atoms with Crippen LogP contribution in [0.15, 0.2) is 35.3 Å². The van der Waals surface area contributed by atoms with Gasteiger partial charge < -0.3 is 20.9 Å². The average Bonchev–Trinajstić information content (AvgIpc) is 2.66. The molecule has 0 saturated carbocycles. The summed E-state index contributed by atoms with van der Waals surface area (Å²) in [6, 6.07) is 10.5. The summed E-state index contributed by atoms with van der Waals surface area (Å²) in [6.45, 7) is 1.27. The number of nitrogens with one attached hydrogen (secondary N) is 3. The number of aromatic nitrogens is 1. The number of pyridine rings is 1. The van der Waals surface area contributed by atoms with E-state index in [1.54, 1.807) is 7.05 Å². The first kappa shape index (κ1) is 18.0. The van der Waals surface area contributed by atoms with E-state index in [2.05, 4.69) is 33.1 Å². The number of amides is 1. The fraction of sp³-hybridized carbons (Fsp3) is 0.421. The predicted octanol–water partition coefficient (Wildman–Crippen LogP) is 1.24. The summed E-state index contributed by atoms with van der Waals surface area (Å²) in [5, 5.41) is 10.8. The molecule has 2 heterocycles.